The lowest BCUT2D eigenvalue weighted by molar-refractivity contribution is 0.245. The number of hydrogen-bond donors (Lipinski definition) is 1. The van der Waals surface area contributed by atoms with Gasteiger partial charge in [0.05, 0.1) is 4.90 Å². The van der Waals surface area contributed by atoms with Gasteiger partial charge in [-0.15, -0.1) is 0 Å². The summed E-state index contributed by atoms with van der Waals surface area (Å²) in [6.45, 7) is 2.24. The minimum atomic E-state index is -3.53. The van der Waals surface area contributed by atoms with E-state index in [0.717, 1.165) is 24.8 Å². The molecule has 1 N–H and O–H groups in total. The van der Waals surface area contributed by atoms with E-state index >= 15 is 0 Å². The first kappa shape index (κ1) is 16.5. The Balaban J connectivity index is 1.80. The maximum atomic E-state index is 12.6. The summed E-state index contributed by atoms with van der Waals surface area (Å²) in [4.78, 5) is 0.266. The zero-order valence-corrected chi connectivity index (χ0v) is 14.6. The molecule has 3 rings (SSSR count). The van der Waals surface area contributed by atoms with E-state index in [9.17, 15) is 8.42 Å². The number of sulfonamides is 1. The van der Waals surface area contributed by atoms with Crippen LogP contribution in [-0.4, -0.2) is 15.0 Å². The van der Waals surface area contributed by atoms with E-state index < -0.39 is 10.0 Å². The average Bonchev–Trinajstić information content (AvgIpc) is 2.50. The van der Waals surface area contributed by atoms with Gasteiger partial charge >= 0.3 is 0 Å². The number of aryl methyl sites for hydroxylation is 1. The van der Waals surface area contributed by atoms with Crippen LogP contribution in [-0.2, 0) is 15.4 Å². The highest BCUT2D eigenvalue weighted by Crippen LogP contribution is 2.43. The van der Waals surface area contributed by atoms with E-state index in [1.807, 2.05) is 18.2 Å². The molecule has 2 aromatic carbocycles. The quantitative estimate of drug-likeness (QED) is 0.885. The van der Waals surface area contributed by atoms with E-state index in [-0.39, 0.29) is 10.3 Å². The molecule has 0 unspecified atom stereocenters. The molecule has 1 saturated carbocycles. The van der Waals surface area contributed by atoms with E-state index in [1.165, 1.54) is 5.56 Å². The Hall–Kier alpha value is -1.36. The summed E-state index contributed by atoms with van der Waals surface area (Å²) in [5.41, 5.74) is 1.90. The predicted molar refractivity (Wildman–Crippen MR) is 93.3 cm³/mol. The van der Waals surface area contributed by atoms with Gasteiger partial charge in [-0.1, -0.05) is 48.4 Å². The molecule has 122 valence electrons. The maximum Gasteiger partial charge on any atom is 0.240 e. The van der Waals surface area contributed by atoms with Crippen molar-refractivity contribution in [2.45, 2.75) is 36.5 Å². The molecule has 0 atom stereocenters. The van der Waals surface area contributed by atoms with Crippen LogP contribution in [0.2, 0.25) is 5.02 Å². The Labute approximate surface area is 142 Å². The van der Waals surface area contributed by atoms with Crippen molar-refractivity contribution in [1.29, 1.82) is 0 Å². The Morgan fingerprint density at radius 3 is 2.39 bits per heavy atom. The first-order chi connectivity index (χ1) is 10.9. The molecule has 0 radical (unpaired) electrons. The first-order valence-corrected chi connectivity index (χ1v) is 9.60. The lowest BCUT2D eigenvalue weighted by atomic mass is 9.64. The number of halogens is 1. The Kier molecular flexibility index (Phi) is 4.50. The van der Waals surface area contributed by atoms with Crippen LogP contribution in [0.25, 0.3) is 0 Å². The van der Waals surface area contributed by atoms with Crippen molar-refractivity contribution in [2.75, 3.05) is 6.54 Å². The first-order valence-electron chi connectivity index (χ1n) is 7.74. The smallest absolute Gasteiger partial charge is 0.210 e. The Bertz CT molecular complexity index is 799. The van der Waals surface area contributed by atoms with Crippen molar-refractivity contribution in [1.82, 2.24) is 4.72 Å². The van der Waals surface area contributed by atoms with E-state index in [4.69, 9.17) is 11.6 Å². The van der Waals surface area contributed by atoms with Gasteiger partial charge in [-0.05, 0) is 49.1 Å². The minimum absolute atomic E-state index is 0.0736. The van der Waals surface area contributed by atoms with Gasteiger partial charge in [-0.25, -0.2) is 13.1 Å². The van der Waals surface area contributed by atoms with Gasteiger partial charge in [0, 0.05) is 17.0 Å². The van der Waals surface area contributed by atoms with Crippen LogP contribution in [0.4, 0.5) is 0 Å². The third-order valence-electron chi connectivity index (χ3n) is 4.74. The summed E-state index contributed by atoms with van der Waals surface area (Å²) in [5, 5.41) is 0.573. The van der Waals surface area contributed by atoms with Crippen LogP contribution in [0.5, 0.6) is 0 Å². The Morgan fingerprint density at radius 1 is 1.13 bits per heavy atom. The van der Waals surface area contributed by atoms with Gasteiger partial charge in [0.2, 0.25) is 10.0 Å². The summed E-state index contributed by atoms with van der Waals surface area (Å²) < 4.78 is 27.9. The van der Waals surface area contributed by atoms with Gasteiger partial charge in [0.15, 0.2) is 0 Å². The van der Waals surface area contributed by atoms with Crippen molar-refractivity contribution >= 4 is 21.6 Å². The molecular formula is C18H20ClNO2S. The van der Waals surface area contributed by atoms with Crippen LogP contribution in [0, 0.1) is 6.92 Å². The van der Waals surface area contributed by atoms with Gasteiger partial charge in [0.1, 0.15) is 0 Å². The lowest BCUT2D eigenvalue weighted by Gasteiger charge is -2.42. The molecule has 0 aromatic heterocycles. The highest BCUT2D eigenvalue weighted by Gasteiger charge is 2.39. The fourth-order valence-corrected chi connectivity index (χ4v) is 4.39. The molecule has 3 nitrogen and oxygen atoms in total. The van der Waals surface area contributed by atoms with Crippen LogP contribution >= 0.6 is 11.6 Å². The lowest BCUT2D eigenvalue weighted by Crippen LogP contribution is -2.45. The molecule has 1 fully saturated rings. The zero-order chi connectivity index (χ0) is 16.5. The largest absolute Gasteiger partial charge is 0.240 e. The topological polar surface area (TPSA) is 46.2 Å². The second-order valence-electron chi connectivity index (χ2n) is 6.24. The minimum Gasteiger partial charge on any atom is -0.210 e. The molecule has 1 aliphatic rings. The monoisotopic (exact) mass is 349 g/mol. The normalized spacial score (nSPS) is 16.8. The van der Waals surface area contributed by atoms with E-state index in [1.54, 1.807) is 25.1 Å². The van der Waals surface area contributed by atoms with Crippen molar-refractivity contribution in [2.24, 2.45) is 0 Å². The van der Waals surface area contributed by atoms with Crippen molar-refractivity contribution in [3.63, 3.8) is 0 Å². The predicted octanol–water partition coefficient (Wildman–Crippen LogP) is 4.05. The van der Waals surface area contributed by atoms with Crippen molar-refractivity contribution < 1.29 is 8.42 Å². The van der Waals surface area contributed by atoms with Crippen LogP contribution in [0.1, 0.15) is 30.4 Å². The number of rotatable bonds is 5. The molecule has 5 heteroatoms. The van der Waals surface area contributed by atoms with Gasteiger partial charge in [-0.3, -0.25) is 0 Å². The fraction of sp³-hybridized carbons (Fsp3) is 0.333. The third-order valence-corrected chi connectivity index (χ3v) is 6.56. The van der Waals surface area contributed by atoms with Crippen LogP contribution < -0.4 is 4.72 Å². The summed E-state index contributed by atoms with van der Waals surface area (Å²) in [6.07, 6.45) is 3.16. The molecular weight excluding hydrogens is 330 g/mol. The van der Waals surface area contributed by atoms with Crippen LogP contribution in [0.3, 0.4) is 0 Å². The van der Waals surface area contributed by atoms with Crippen LogP contribution in [0.15, 0.2) is 53.4 Å². The summed E-state index contributed by atoms with van der Waals surface area (Å²) >= 11 is 5.98. The summed E-state index contributed by atoms with van der Waals surface area (Å²) in [5.74, 6) is 0. The highest BCUT2D eigenvalue weighted by atomic mass is 35.5. The van der Waals surface area contributed by atoms with Gasteiger partial charge < -0.3 is 0 Å². The molecule has 23 heavy (non-hydrogen) atoms. The number of benzene rings is 2. The zero-order valence-electron chi connectivity index (χ0n) is 13.0. The standard InChI is InChI=1S/C18H20ClNO2S/c1-14-12-16(8-9-17(14)19)23(21,22)20-13-18(10-5-11-18)15-6-3-2-4-7-15/h2-4,6-9,12,20H,5,10-11,13H2,1H3. The molecule has 2 aromatic rings. The third kappa shape index (κ3) is 3.30. The second kappa shape index (κ2) is 6.27. The molecule has 0 bridgehead atoms. The fourth-order valence-electron chi connectivity index (χ4n) is 3.06. The molecule has 0 heterocycles. The molecule has 0 saturated heterocycles. The van der Waals surface area contributed by atoms with E-state index in [0.29, 0.717) is 11.6 Å². The second-order valence-corrected chi connectivity index (χ2v) is 8.41. The average molecular weight is 350 g/mol. The molecule has 0 spiro atoms. The maximum absolute atomic E-state index is 12.6. The summed E-state index contributed by atoms with van der Waals surface area (Å²) in [7, 11) is -3.53. The van der Waals surface area contributed by atoms with E-state index in [2.05, 4.69) is 16.9 Å². The number of nitrogens with one attached hydrogen (secondary N) is 1. The molecule has 1 aliphatic carbocycles. The molecule has 0 amide bonds. The van der Waals surface area contributed by atoms with Gasteiger partial charge in [-0.2, -0.15) is 0 Å². The SMILES string of the molecule is Cc1cc(S(=O)(=O)NCC2(c3ccccc3)CCC2)ccc1Cl. The summed E-state index contributed by atoms with van der Waals surface area (Å²) in [6, 6.07) is 14.9. The number of hydrogen-bond acceptors (Lipinski definition) is 2. The van der Waals surface area contributed by atoms with Crippen molar-refractivity contribution in [3.8, 4) is 0 Å². The highest BCUT2D eigenvalue weighted by molar-refractivity contribution is 7.89. The Morgan fingerprint density at radius 2 is 1.83 bits per heavy atom. The van der Waals surface area contributed by atoms with Crippen molar-refractivity contribution in [3.05, 3.63) is 64.7 Å². The van der Waals surface area contributed by atoms with Gasteiger partial charge in [0.25, 0.3) is 0 Å². The molecule has 0 aliphatic heterocycles.